The van der Waals surface area contributed by atoms with Crippen molar-refractivity contribution in [1.29, 1.82) is 0 Å². The van der Waals surface area contributed by atoms with Gasteiger partial charge in [-0.25, -0.2) is 4.79 Å². The molecule has 0 aliphatic carbocycles. The van der Waals surface area contributed by atoms with Gasteiger partial charge in [0.1, 0.15) is 5.56 Å². The van der Waals surface area contributed by atoms with Crippen molar-refractivity contribution in [2.75, 3.05) is 0 Å². The number of halogens is 4. The van der Waals surface area contributed by atoms with E-state index in [1.54, 1.807) is 18.2 Å². The molecule has 20 heavy (non-hydrogen) atoms. The largest absolute Gasteiger partial charge is 0.478 e. The Morgan fingerprint density at radius 1 is 1.35 bits per heavy atom. The monoisotopic (exact) mass is 304 g/mol. The van der Waals surface area contributed by atoms with Crippen molar-refractivity contribution in [2.45, 2.75) is 12.7 Å². The van der Waals surface area contributed by atoms with Gasteiger partial charge in [0.05, 0.1) is 12.7 Å². The lowest BCUT2D eigenvalue weighted by molar-refractivity contribution is -0.144. The van der Waals surface area contributed by atoms with Gasteiger partial charge in [0.25, 0.3) is 0 Å². The third-order valence-electron chi connectivity index (χ3n) is 2.62. The standard InChI is InChI=1S/C12H8ClF3N2O2/c13-9-4-2-1-3-7(9)6-18-10(12(14,15)16)8(5-17-18)11(19)20/h1-5H,6H2,(H,19,20). The zero-order valence-corrected chi connectivity index (χ0v) is 10.6. The molecule has 0 saturated heterocycles. The molecule has 0 spiro atoms. The molecule has 4 nitrogen and oxygen atoms in total. The number of aromatic nitrogens is 2. The summed E-state index contributed by atoms with van der Waals surface area (Å²) in [6.07, 6.45) is -4.13. The molecule has 0 amide bonds. The van der Waals surface area contributed by atoms with Crippen LogP contribution in [0.4, 0.5) is 13.2 Å². The molecule has 0 radical (unpaired) electrons. The van der Waals surface area contributed by atoms with Crippen LogP contribution in [0.5, 0.6) is 0 Å². The van der Waals surface area contributed by atoms with Gasteiger partial charge < -0.3 is 5.11 Å². The van der Waals surface area contributed by atoms with Gasteiger partial charge in [0.15, 0.2) is 5.69 Å². The van der Waals surface area contributed by atoms with Crippen molar-refractivity contribution in [2.24, 2.45) is 0 Å². The molecule has 106 valence electrons. The van der Waals surface area contributed by atoms with E-state index in [0.29, 0.717) is 16.4 Å². The predicted octanol–water partition coefficient (Wildman–Crippen LogP) is 3.30. The average Bonchev–Trinajstić information content (AvgIpc) is 2.76. The minimum Gasteiger partial charge on any atom is -0.478 e. The van der Waals surface area contributed by atoms with Gasteiger partial charge >= 0.3 is 12.1 Å². The van der Waals surface area contributed by atoms with Crippen molar-refractivity contribution < 1.29 is 23.1 Å². The number of carbonyl (C=O) groups is 1. The molecule has 2 aromatic rings. The molecule has 0 saturated carbocycles. The number of benzene rings is 1. The second-order valence-electron chi connectivity index (χ2n) is 3.96. The normalized spacial score (nSPS) is 11.6. The molecule has 1 N–H and O–H groups in total. The molecule has 2 rings (SSSR count). The lowest BCUT2D eigenvalue weighted by Gasteiger charge is -2.12. The molecular formula is C12H8ClF3N2O2. The SMILES string of the molecule is O=C(O)c1cnn(Cc2ccccc2Cl)c1C(F)(F)F. The molecule has 1 aromatic heterocycles. The third kappa shape index (κ3) is 2.77. The minimum absolute atomic E-state index is 0.262. The van der Waals surface area contributed by atoms with Gasteiger partial charge in [-0.2, -0.15) is 18.3 Å². The summed E-state index contributed by atoms with van der Waals surface area (Å²) in [5, 5.41) is 12.6. The van der Waals surface area contributed by atoms with E-state index in [-0.39, 0.29) is 11.6 Å². The van der Waals surface area contributed by atoms with Gasteiger partial charge in [-0.15, -0.1) is 0 Å². The van der Waals surface area contributed by atoms with E-state index in [2.05, 4.69) is 5.10 Å². The summed E-state index contributed by atoms with van der Waals surface area (Å²) < 4.78 is 39.4. The number of hydrogen-bond donors (Lipinski definition) is 1. The Hall–Kier alpha value is -2.02. The van der Waals surface area contributed by atoms with Crippen LogP contribution in [0.25, 0.3) is 0 Å². The summed E-state index contributed by atoms with van der Waals surface area (Å²) in [7, 11) is 0. The van der Waals surface area contributed by atoms with E-state index in [9.17, 15) is 18.0 Å². The van der Waals surface area contributed by atoms with E-state index in [0.717, 1.165) is 0 Å². The number of alkyl halides is 3. The molecule has 0 aliphatic rings. The highest BCUT2D eigenvalue weighted by Gasteiger charge is 2.40. The lowest BCUT2D eigenvalue weighted by Crippen LogP contribution is -2.18. The summed E-state index contributed by atoms with van der Waals surface area (Å²) in [5.41, 5.74) is -1.77. The molecule has 0 fully saturated rings. The Balaban J connectivity index is 2.48. The number of rotatable bonds is 3. The van der Waals surface area contributed by atoms with Gasteiger partial charge in [-0.05, 0) is 11.6 Å². The molecule has 1 heterocycles. The Kier molecular flexibility index (Phi) is 3.71. The smallest absolute Gasteiger partial charge is 0.433 e. The number of nitrogens with zero attached hydrogens (tertiary/aromatic N) is 2. The fourth-order valence-corrected chi connectivity index (χ4v) is 1.94. The van der Waals surface area contributed by atoms with E-state index in [4.69, 9.17) is 16.7 Å². The Labute approximate surface area is 116 Å². The first kappa shape index (κ1) is 14.4. The molecule has 8 heteroatoms. The highest BCUT2D eigenvalue weighted by atomic mass is 35.5. The first-order chi connectivity index (χ1) is 9.30. The molecule has 0 unspecified atom stereocenters. The van der Waals surface area contributed by atoms with Crippen molar-refractivity contribution in [1.82, 2.24) is 9.78 Å². The molecular weight excluding hydrogens is 297 g/mol. The second kappa shape index (κ2) is 5.16. The fraction of sp³-hybridized carbons (Fsp3) is 0.167. The number of aromatic carboxylic acids is 1. The van der Waals surface area contributed by atoms with E-state index >= 15 is 0 Å². The fourth-order valence-electron chi connectivity index (χ4n) is 1.75. The van der Waals surface area contributed by atoms with Crippen molar-refractivity contribution in [3.8, 4) is 0 Å². The molecule has 0 bridgehead atoms. The Morgan fingerprint density at radius 3 is 2.55 bits per heavy atom. The summed E-state index contributed by atoms with van der Waals surface area (Å²) in [5.74, 6) is -1.68. The van der Waals surface area contributed by atoms with Crippen LogP contribution in [0.2, 0.25) is 5.02 Å². The van der Waals surface area contributed by atoms with E-state index in [1.165, 1.54) is 6.07 Å². The van der Waals surface area contributed by atoms with Gasteiger partial charge in [-0.3, -0.25) is 4.68 Å². The van der Waals surface area contributed by atoms with Crippen LogP contribution >= 0.6 is 11.6 Å². The quantitative estimate of drug-likeness (QED) is 0.946. The first-order valence-corrected chi connectivity index (χ1v) is 5.78. The van der Waals surface area contributed by atoms with Gasteiger partial charge in [-0.1, -0.05) is 29.8 Å². The highest BCUT2D eigenvalue weighted by Crippen LogP contribution is 2.32. The van der Waals surface area contributed by atoms with Crippen molar-refractivity contribution >= 4 is 17.6 Å². The summed E-state index contributed by atoms with van der Waals surface area (Å²) in [6, 6.07) is 6.34. The summed E-state index contributed by atoms with van der Waals surface area (Å²) in [4.78, 5) is 10.8. The third-order valence-corrected chi connectivity index (χ3v) is 2.99. The minimum atomic E-state index is -4.81. The van der Waals surface area contributed by atoms with E-state index in [1.807, 2.05) is 0 Å². The van der Waals surface area contributed by atoms with Crippen LogP contribution in [0.3, 0.4) is 0 Å². The maximum atomic E-state index is 12.9. The molecule has 0 atom stereocenters. The average molecular weight is 305 g/mol. The van der Waals surface area contributed by atoms with Gasteiger partial charge in [0, 0.05) is 5.02 Å². The summed E-state index contributed by atoms with van der Waals surface area (Å²) in [6.45, 7) is -0.262. The van der Waals surface area contributed by atoms with E-state index < -0.39 is 23.4 Å². The number of carboxylic acid groups (broad SMARTS) is 1. The molecule has 1 aromatic carbocycles. The van der Waals surface area contributed by atoms with Crippen molar-refractivity contribution in [3.63, 3.8) is 0 Å². The maximum absolute atomic E-state index is 12.9. The van der Waals surface area contributed by atoms with Crippen LogP contribution in [0, 0.1) is 0 Å². The Morgan fingerprint density at radius 2 is 2.00 bits per heavy atom. The first-order valence-electron chi connectivity index (χ1n) is 5.40. The predicted molar refractivity (Wildman–Crippen MR) is 64.7 cm³/mol. The van der Waals surface area contributed by atoms with Crippen molar-refractivity contribution in [3.05, 3.63) is 52.3 Å². The topological polar surface area (TPSA) is 55.1 Å². The second-order valence-corrected chi connectivity index (χ2v) is 4.37. The number of carboxylic acids is 1. The van der Waals surface area contributed by atoms with Gasteiger partial charge in [0.2, 0.25) is 0 Å². The van der Waals surface area contributed by atoms with Crippen LogP contribution < -0.4 is 0 Å². The highest BCUT2D eigenvalue weighted by molar-refractivity contribution is 6.31. The van der Waals surface area contributed by atoms with Crippen LogP contribution in [-0.4, -0.2) is 20.9 Å². The summed E-state index contributed by atoms with van der Waals surface area (Å²) >= 11 is 5.87. The van der Waals surface area contributed by atoms with Crippen LogP contribution in [0.1, 0.15) is 21.6 Å². The maximum Gasteiger partial charge on any atom is 0.433 e. The Bertz CT molecular complexity index is 652. The zero-order valence-electron chi connectivity index (χ0n) is 9.86. The lowest BCUT2D eigenvalue weighted by atomic mass is 10.2. The van der Waals surface area contributed by atoms with Crippen LogP contribution in [-0.2, 0) is 12.7 Å². The van der Waals surface area contributed by atoms with Crippen LogP contribution in [0.15, 0.2) is 30.5 Å². The molecule has 0 aliphatic heterocycles. The number of hydrogen-bond acceptors (Lipinski definition) is 2. The zero-order chi connectivity index (χ0) is 14.9.